The summed E-state index contributed by atoms with van der Waals surface area (Å²) in [7, 11) is 4.76. The van der Waals surface area contributed by atoms with Crippen LogP contribution in [0, 0.1) is 0 Å². The summed E-state index contributed by atoms with van der Waals surface area (Å²) in [5.74, 6) is 1.59. The molecule has 0 saturated carbocycles. The average Bonchev–Trinajstić information content (AvgIpc) is 3.25. The van der Waals surface area contributed by atoms with Gasteiger partial charge in [0, 0.05) is 39.9 Å². The topological polar surface area (TPSA) is 69.9 Å². The summed E-state index contributed by atoms with van der Waals surface area (Å²) in [6.45, 7) is 1.85. The number of nitrogens with one attached hydrogen (secondary N) is 1. The largest absolute Gasteiger partial charge is 0.496 e. The minimum absolute atomic E-state index is 0.293. The molecule has 6 nitrogen and oxygen atoms in total. The minimum atomic E-state index is -0.293. The van der Waals surface area contributed by atoms with Crippen molar-refractivity contribution >= 4 is 39.7 Å². The minimum Gasteiger partial charge on any atom is -0.496 e. The molecule has 0 aliphatic heterocycles. The van der Waals surface area contributed by atoms with Crippen LogP contribution in [0.2, 0.25) is 5.02 Å². The predicted molar refractivity (Wildman–Crippen MR) is 135 cm³/mol. The lowest BCUT2D eigenvalue weighted by Crippen LogP contribution is -2.08. The van der Waals surface area contributed by atoms with Crippen molar-refractivity contribution < 1.29 is 23.4 Å². The normalized spacial score (nSPS) is 11.4. The number of allylic oxidation sites excluding steroid dienone is 1. The predicted octanol–water partition coefficient (Wildman–Crippen LogP) is 6.82. The van der Waals surface area contributed by atoms with Gasteiger partial charge in [0.25, 0.3) is 0 Å². The number of hydrogen-bond donors (Lipinski definition) is 1. The molecule has 1 N–H and O–H groups in total. The summed E-state index contributed by atoms with van der Waals surface area (Å²) in [5.41, 5.74) is 4.54. The zero-order chi connectivity index (χ0) is 24.2. The van der Waals surface area contributed by atoms with Gasteiger partial charge in [-0.05, 0) is 42.8 Å². The molecule has 0 fully saturated rings. The summed E-state index contributed by atoms with van der Waals surface area (Å²) in [6, 6.07) is 16.6. The van der Waals surface area contributed by atoms with Crippen molar-refractivity contribution in [2.24, 2.45) is 0 Å². The van der Waals surface area contributed by atoms with E-state index in [4.69, 9.17) is 30.2 Å². The Morgan fingerprint density at radius 2 is 1.65 bits per heavy atom. The van der Waals surface area contributed by atoms with Crippen LogP contribution in [0.25, 0.3) is 27.7 Å². The Kier molecular flexibility index (Phi) is 6.80. The molecule has 174 valence electrons. The molecular weight excluding hydrogens is 454 g/mol. The van der Waals surface area contributed by atoms with E-state index in [0.29, 0.717) is 27.8 Å². The first kappa shape index (κ1) is 23.3. The number of anilines is 1. The van der Waals surface area contributed by atoms with Gasteiger partial charge in [-0.3, -0.25) is 4.79 Å². The zero-order valence-corrected chi connectivity index (χ0v) is 20.0. The third kappa shape index (κ3) is 4.58. The summed E-state index contributed by atoms with van der Waals surface area (Å²) in [6.07, 6.45) is 3.22. The molecule has 3 aromatic carbocycles. The molecule has 4 aromatic rings. The summed E-state index contributed by atoms with van der Waals surface area (Å²) in [5, 5.41) is 4.12. The molecule has 1 amide bonds. The van der Waals surface area contributed by atoms with Gasteiger partial charge >= 0.3 is 0 Å². The fraction of sp³-hybridized carbons (Fsp3) is 0.148. The van der Waals surface area contributed by atoms with E-state index in [1.165, 1.54) is 13.2 Å². The zero-order valence-electron chi connectivity index (χ0n) is 19.3. The van der Waals surface area contributed by atoms with Gasteiger partial charge in [-0.15, -0.1) is 0 Å². The first-order valence-corrected chi connectivity index (χ1v) is 10.9. The number of halogens is 1. The van der Waals surface area contributed by atoms with E-state index < -0.39 is 0 Å². The number of hydrogen-bond acceptors (Lipinski definition) is 5. The monoisotopic (exact) mass is 477 g/mol. The second-order valence-corrected chi connectivity index (χ2v) is 7.97. The van der Waals surface area contributed by atoms with E-state index in [9.17, 15) is 4.79 Å². The van der Waals surface area contributed by atoms with Crippen molar-refractivity contribution in [3.8, 4) is 28.4 Å². The van der Waals surface area contributed by atoms with E-state index in [2.05, 4.69) is 5.32 Å². The Bertz CT molecular complexity index is 1390. The molecular formula is C27H24ClNO5. The summed E-state index contributed by atoms with van der Waals surface area (Å²) >= 11 is 6.16. The number of furan rings is 1. The van der Waals surface area contributed by atoms with Crippen LogP contribution in [0.4, 0.5) is 5.69 Å². The van der Waals surface area contributed by atoms with Gasteiger partial charge < -0.3 is 23.9 Å². The lowest BCUT2D eigenvalue weighted by Gasteiger charge is -2.11. The van der Waals surface area contributed by atoms with Gasteiger partial charge in [0.1, 0.15) is 22.8 Å². The molecule has 0 unspecified atom stereocenters. The van der Waals surface area contributed by atoms with Crippen LogP contribution in [0.1, 0.15) is 12.5 Å². The van der Waals surface area contributed by atoms with Gasteiger partial charge in [0.15, 0.2) is 0 Å². The van der Waals surface area contributed by atoms with E-state index in [1.807, 2.05) is 43.3 Å². The van der Waals surface area contributed by atoms with Gasteiger partial charge in [-0.25, -0.2) is 0 Å². The van der Waals surface area contributed by atoms with Crippen LogP contribution < -0.4 is 19.5 Å². The number of methoxy groups -OCH3 is 3. The van der Waals surface area contributed by atoms with Crippen LogP contribution in [-0.4, -0.2) is 27.2 Å². The molecule has 4 rings (SSSR count). The number of fused-ring (bicyclic) bond motifs is 1. The third-order valence-electron chi connectivity index (χ3n) is 5.48. The molecule has 0 saturated heterocycles. The fourth-order valence-electron chi connectivity index (χ4n) is 3.80. The lowest BCUT2D eigenvalue weighted by atomic mass is 9.98. The standard InChI is InChI=1S/C27H24ClNO5/c1-16(11-27(30)29-17-9-10-24(32-3)22(28)12-17)19-13-20-21(15-34-26(20)14-25(19)33-4)18-7-5-6-8-23(18)31-2/h5-15H,1-4H3,(H,29,30)/b16-11+. The van der Waals surface area contributed by atoms with Crippen molar-refractivity contribution in [2.75, 3.05) is 26.6 Å². The van der Waals surface area contributed by atoms with Crippen LogP contribution in [0.15, 0.2) is 71.4 Å². The highest BCUT2D eigenvalue weighted by atomic mass is 35.5. The molecule has 7 heteroatoms. The van der Waals surface area contributed by atoms with Crippen LogP contribution in [-0.2, 0) is 4.79 Å². The van der Waals surface area contributed by atoms with E-state index in [0.717, 1.165) is 33.4 Å². The lowest BCUT2D eigenvalue weighted by molar-refractivity contribution is -0.111. The quantitative estimate of drug-likeness (QED) is 0.296. The number of amides is 1. The molecule has 34 heavy (non-hydrogen) atoms. The van der Waals surface area contributed by atoms with Crippen molar-refractivity contribution in [2.45, 2.75) is 6.92 Å². The average molecular weight is 478 g/mol. The third-order valence-corrected chi connectivity index (χ3v) is 5.78. The SMILES string of the molecule is COc1ccc(NC(=O)/C=C(\C)c2cc3c(-c4ccccc4OC)coc3cc2OC)cc1Cl. The van der Waals surface area contributed by atoms with E-state index in [-0.39, 0.29) is 5.91 Å². The molecule has 0 aliphatic rings. The molecule has 0 atom stereocenters. The first-order chi connectivity index (χ1) is 16.4. The van der Waals surface area contributed by atoms with Crippen LogP contribution in [0.5, 0.6) is 17.2 Å². The maximum atomic E-state index is 12.7. The smallest absolute Gasteiger partial charge is 0.248 e. The van der Waals surface area contributed by atoms with Crippen molar-refractivity contribution in [3.63, 3.8) is 0 Å². The Labute approximate surface area is 202 Å². The van der Waals surface area contributed by atoms with Crippen molar-refractivity contribution in [3.05, 3.63) is 77.5 Å². The van der Waals surface area contributed by atoms with Crippen LogP contribution >= 0.6 is 11.6 Å². The number of benzene rings is 3. The number of rotatable bonds is 7. The molecule has 0 spiro atoms. The van der Waals surface area contributed by atoms with E-state index in [1.54, 1.807) is 38.7 Å². The number of para-hydroxylation sites is 1. The fourth-order valence-corrected chi connectivity index (χ4v) is 4.06. The van der Waals surface area contributed by atoms with Crippen molar-refractivity contribution in [1.82, 2.24) is 0 Å². The Morgan fingerprint density at radius 3 is 2.35 bits per heavy atom. The molecule has 1 aromatic heterocycles. The highest BCUT2D eigenvalue weighted by molar-refractivity contribution is 6.32. The summed E-state index contributed by atoms with van der Waals surface area (Å²) in [4.78, 5) is 12.7. The van der Waals surface area contributed by atoms with Gasteiger partial charge in [-0.2, -0.15) is 0 Å². The van der Waals surface area contributed by atoms with Gasteiger partial charge in [0.05, 0.1) is 32.6 Å². The second-order valence-electron chi connectivity index (χ2n) is 7.56. The Morgan fingerprint density at radius 1 is 0.912 bits per heavy atom. The molecule has 0 bridgehead atoms. The molecule has 0 aliphatic carbocycles. The van der Waals surface area contributed by atoms with Crippen LogP contribution in [0.3, 0.4) is 0 Å². The highest BCUT2D eigenvalue weighted by Gasteiger charge is 2.17. The Hall–Kier alpha value is -3.90. The maximum Gasteiger partial charge on any atom is 0.248 e. The van der Waals surface area contributed by atoms with Gasteiger partial charge in [-0.1, -0.05) is 29.8 Å². The molecule has 0 radical (unpaired) electrons. The first-order valence-electron chi connectivity index (χ1n) is 10.5. The molecule has 1 heterocycles. The number of carbonyl (C=O) groups excluding carboxylic acids is 1. The second kappa shape index (κ2) is 9.93. The summed E-state index contributed by atoms with van der Waals surface area (Å²) < 4.78 is 22.1. The van der Waals surface area contributed by atoms with Crippen molar-refractivity contribution in [1.29, 1.82) is 0 Å². The number of carbonyl (C=O) groups is 1. The van der Waals surface area contributed by atoms with Gasteiger partial charge in [0.2, 0.25) is 5.91 Å². The maximum absolute atomic E-state index is 12.7. The highest BCUT2D eigenvalue weighted by Crippen LogP contribution is 2.40. The Balaban J connectivity index is 1.70. The van der Waals surface area contributed by atoms with E-state index >= 15 is 0 Å². The number of ether oxygens (including phenoxy) is 3.